The summed E-state index contributed by atoms with van der Waals surface area (Å²) in [6.07, 6.45) is 3.56. The summed E-state index contributed by atoms with van der Waals surface area (Å²) in [7, 11) is 0. The Bertz CT molecular complexity index is 1490. The number of carbonyl (C=O) groups is 3. The van der Waals surface area contributed by atoms with Crippen LogP contribution in [0.25, 0.3) is 0 Å². The van der Waals surface area contributed by atoms with Gasteiger partial charge in [-0.3, -0.25) is 14.4 Å². The van der Waals surface area contributed by atoms with E-state index in [1.165, 1.54) is 30.3 Å². The number of hydrogen-bond acceptors (Lipinski definition) is 8. The van der Waals surface area contributed by atoms with E-state index in [1.54, 1.807) is 30.3 Å². The summed E-state index contributed by atoms with van der Waals surface area (Å²) in [4.78, 5) is 39.7. The van der Waals surface area contributed by atoms with Gasteiger partial charge in [-0.25, -0.2) is 0 Å². The van der Waals surface area contributed by atoms with E-state index in [4.69, 9.17) is 0 Å². The molecule has 0 saturated carbocycles. The van der Waals surface area contributed by atoms with Crippen LogP contribution in [0.3, 0.4) is 0 Å². The number of benzene rings is 4. The van der Waals surface area contributed by atoms with Gasteiger partial charge in [-0.2, -0.15) is 0 Å². The van der Waals surface area contributed by atoms with Crippen molar-refractivity contribution in [3.05, 3.63) is 112 Å². The molecule has 0 radical (unpaired) electrons. The molecule has 0 fully saturated rings. The third kappa shape index (κ3) is 9.19. The van der Waals surface area contributed by atoms with Crippen LogP contribution >= 0.6 is 0 Å². The van der Waals surface area contributed by atoms with E-state index in [0.29, 0.717) is 44.1 Å². The van der Waals surface area contributed by atoms with Crippen molar-refractivity contribution < 1.29 is 39.9 Å². The lowest BCUT2D eigenvalue weighted by Gasteiger charge is -2.10. The van der Waals surface area contributed by atoms with Crippen LogP contribution in [0.2, 0.25) is 0 Å². The van der Waals surface area contributed by atoms with Crippen LogP contribution in [0.1, 0.15) is 91.9 Å². The normalized spacial score (nSPS) is 11.0. The van der Waals surface area contributed by atoms with E-state index in [0.717, 1.165) is 22.3 Å². The summed E-state index contributed by atoms with van der Waals surface area (Å²) < 4.78 is 0. The molecule has 0 unspecified atom stereocenters. The fourth-order valence-corrected chi connectivity index (χ4v) is 5.16. The van der Waals surface area contributed by atoms with E-state index < -0.39 is 0 Å². The molecule has 0 aromatic heterocycles. The predicted molar refractivity (Wildman–Crippen MR) is 171 cm³/mol. The van der Waals surface area contributed by atoms with Crippen LogP contribution in [0, 0.1) is 6.92 Å². The van der Waals surface area contributed by atoms with Crippen LogP contribution in [0.4, 0.5) is 0 Å². The average Bonchev–Trinajstić information content (AvgIpc) is 3.02. The van der Waals surface area contributed by atoms with Gasteiger partial charge in [0.25, 0.3) is 0 Å². The van der Waals surface area contributed by atoms with Crippen molar-refractivity contribution >= 4 is 17.3 Å². The largest absolute Gasteiger partial charge is 0.508 e. The molecule has 4 aromatic rings. The van der Waals surface area contributed by atoms with Crippen molar-refractivity contribution in [2.24, 2.45) is 0 Å². The molecule has 4 rings (SSSR count). The van der Waals surface area contributed by atoms with E-state index in [9.17, 15) is 39.9 Å². The summed E-state index contributed by atoms with van der Waals surface area (Å²) in [5.74, 6) is -1.29. The minimum atomic E-state index is -0.227. The van der Waals surface area contributed by atoms with Crippen molar-refractivity contribution in [2.75, 3.05) is 0 Å². The molecule has 8 heteroatoms. The fraction of sp³-hybridized carbons (Fsp3) is 0.270. The summed E-state index contributed by atoms with van der Waals surface area (Å²) >= 11 is 0. The third-order valence-corrected chi connectivity index (χ3v) is 7.86. The maximum Gasteiger partial charge on any atom is 0.162 e. The molecule has 0 atom stereocenters. The zero-order valence-corrected chi connectivity index (χ0v) is 25.3. The highest BCUT2D eigenvalue weighted by Gasteiger charge is 2.17. The summed E-state index contributed by atoms with van der Waals surface area (Å²) in [5, 5.41) is 48.5. The van der Waals surface area contributed by atoms with Gasteiger partial charge in [0.05, 0.1) is 0 Å². The van der Waals surface area contributed by atoms with E-state index >= 15 is 0 Å². The molecule has 0 aliphatic heterocycles. The van der Waals surface area contributed by atoms with Gasteiger partial charge >= 0.3 is 0 Å². The number of hydrogen-bond donors (Lipinski definition) is 5. The van der Waals surface area contributed by atoms with E-state index in [2.05, 4.69) is 0 Å². The fourth-order valence-electron chi connectivity index (χ4n) is 5.16. The quantitative estimate of drug-likeness (QED) is 0.0703. The molecular weight excluding hydrogens is 572 g/mol. The zero-order valence-electron chi connectivity index (χ0n) is 25.3. The van der Waals surface area contributed by atoms with Crippen molar-refractivity contribution in [3.63, 3.8) is 0 Å². The number of phenols is 5. The number of aryl methyl sites for hydroxylation is 4. The molecule has 0 aliphatic carbocycles. The van der Waals surface area contributed by atoms with E-state index in [-0.39, 0.29) is 76.5 Å². The van der Waals surface area contributed by atoms with Gasteiger partial charge in [-0.15, -0.1) is 0 Å². The Morgan fingerprint density at radius 2 is 0.778 bits per heavy atom. The van der Waals surface area contributed by atoms with E-state index in [1.807, 2.05) is 19.1 Å². The van der Waals surface area contributed by atoms with Crippen LogP contribution < -0.4 is 0 Å². The van der Waals surface area contributed by atoms with Crippen LogP contribution in [0.15, 0.2) is 72.8 Å². The summed E-state index contributed by atoms with van der Waals surface area (Å²) in [6, 6.07) is 19.1. The Balaban J connectivity index is 1.45. The Morgan fingerprint density at radius 1 is 0.444 bits per heavy atom. The first-order valence-corrected chi connectivity index (χ1v) is 15.0. The Labute approximate surface area is 262 Å². The molecule has 0 amide bonds. The third-order valence-electron chi connectivity index (χ3n) is 7.86. The first-order valence-electron chi connectivity index (χ1n) is 15.0. The molecular formula is C37H38O8. The molecule has 5 N–H and O–H groups in total. The maximum absolute atomic E-state index is 13.3. The van der Waals surface area contributed by atoms with Gasteiger partial charge in [0.15, 0.2) is 40.3 Å². The number of carbonyl (C=O) groups excluding carboxylic acids is 3. The van der Waals surface area contributed by atoms with Crippen LogP contribution in [0.5, 0.6) is 28.7 Å². The molecule has 234 valence electrons. The highest BCUT2D eigenvalue weighted by Crippen LogP contribution is 2.27. The van der Waals surface area contributed by atoms with Gasteiger partial charge in [0, 0.05) is 36.0 Å². The minimum absolute atomic E-state index is 0.161. The predicted octanol–water partition coefficient (Wildman–Crippen LogP) is 7.14. The molecule has 0 aliphatic rings. The molecule has 0 spiro atoms. The molecule has 45 heavy (non-hydrogen) atoms. The van der Waals surface area contributed by atoms with Crippen molar-refractivity contribution in [1.29, 1.82) is 0 Å². The second kappa shape index (κ2) is 15.1. The average molecular weight is 611 g/mol. The molecule has 0 bridgehead atoms. The minimum Gasteiger partial charge on any atom is -0.508 e. The van der Waals surface area contributed by atoms with Crippen LogP contribution in [-0.4, -0.2) is 42.9 Å². The molecule has 4 aromatic carbocycles. The number of ketones is 3. The van der Waals surface area contributed by atoms with Crippen molar-refractivity contribution in [3.8, 4) is 28.7 Å². The first kappa shape index (κ1) is 32.8. The Morgan fingerprint density at radius 3 is 1.11 bits per heavy atom. The van der Waals surface area contributed by atoms with Crippen molar-refractivity contribution in [1.82, 2.24) is 0 Å². The van der Waals surface area contributed by atoms with Gasteiger partial charge in [0.1, 0.15) is 5.75 Å². The van der Waals surface area contributed by atoms with Gasteiger partial charge in [0.2, 0.25) is 0 Å². The number of rotatable bonds is 15. The lowest BCUT2D eigenvalue weighted by molar-refractivity contribution is 0.0979. The molecule has 8 nitrogen and oxygen atoms in total. The molecule has 0 saturated heterocycles. The maximum atomic E-state index is 13.3. The van der Waals surface area contributed by atoms with Crippen LogP contribution in [-0.2, 0) is 19.3 Å². The monoisotopic (exact) mass is 610 g/mol. The van der Waals surface area contributed by atoms with Gasteiger partial charge < -0.3 is 25.5 Å². The number of Topliss-reactive ketones (excluding diaryl/α,β-unsaturated/α-hetero) is 3. The highest BCUT2D eigenvalue weighted by atomic mass is 16.3. The number of phenolic OH excluding ortho intramolecular Hbond substituents is 5. The zero-order chi connectivity index (χ0) is 32.5. The topological polar surface area (TPSA) is 152 Å². The molecule has 0 heterocycles. The second-order valence-electron chi connectivity index (χ2n) is 11.4. The highest BCUT2D eigenvalue weighted by molar-refractivity contribution is 6.06. The lowest BCUT2D eigenvalue weighted by atomic mass is 9.93. The SMILES string of the molecule is Cc1ccc(CCCC(=O)c2cc(C(=O)CCCc3ccc(O)c(O)c3)cc(C(=O)CCCc3ccc(O)c(O)c3)c2)cc1O. The summed E-state index contributed by atoms with van der Waals surface area (Å²) in [6.45, 7) is 1.81. The standard InChI is InChI=1S/C37H38O8/c1-23-11-12-24(17-35(23)43)5-2-8-30(38)27-20-28(31(39)9-3-6-25-13-15-33(41)36(44)18-25)22-29(21-27)32(40)10-4-7-26-14-16-34(42)37(45)19-26/h11-22,41-45H,2-10H2,1H3. The Hall–Kier alpha value is -5.11. The summed E-state index contributed by atoms with van der Waals surface area (Å²) in [5.41, 5.74) is 4.08. The van der Waals surface area contributed by atoms with Gasteiger partial charge in [-0.1, -0.05) is 24.3 Å². The second-order valence-corrected chi connectivity index (χ2v) is 11.4. The number of aromatic hydroxyl groups is 5. The first-order chi connectivity index (χ1) is 21.5. The van der Waals surface area contributed by atoms with Gasteiger partial charge in [-0.05, 0) is 116 Å². The lowest BCUT2D eigenvalue weighted by Crippen LogP contribution is -2.09. The van der Waals surface area contributed by atoms with Crippen molar-refractivity contribution in [2.45, 2.75) is 64.7 Å². The Kier molecular flexibility index (Phi) is 11.0. The smallest absolute Gasteiger partial charge is 0.162 e.